The van der Waals surface area contributed by atoms with E-state index in [1.165, 1.54) is 0 Å². The number of pyridine rings is 1. The van der Waals surface area contributed by atoms with Crippen molar-refractivity contribution in [1.29, 1.82) is 0 Å². The lowest BCUT2D eigenvalue weighted by atomic mass is 9.90. The molecule has 2 aromatic carbocycles. The van der Waals surface area contributed by atoms with E-state index in [1.54, 1.807) is 6.20 Å². The molecule has 4 nitrogen and oxygen atoms in total. The van der Waals surface area contributed by atoms with Gasteiger partial charge in [0.1, 0.15) is 6.04 Å². The Morgan fingerprint density at radius 2 is 2.00 bits per heavy atom. The molecule has 2 atom stereocenters. The van der Waals surface area contributed by atoms with Crippen LogP contribution in [0.5, 0.6) is 0 Å². The number of carboxylic acids is 1. The van der Waals surface area contributed by atoms with Crippen molar-refractivity contribution in [1.82, 2.24) is 9.88 Å². The van der Waals surface area contributed by atoms with Gasteiger partial charge in [-0.05, 0) is 54.8 Å². The number of rotatable bonds is 4. The summed E-state index contributed by atoms with van der Waals surface area (Å²) >= 11 is 6.29. The summed E-state index contributed by atoms with van der Waals surface area (Å²) in [7, 11) is 0. The molecule has 0 radical (unpaired) electrons. The largest absolute Gasteiger partial charge is 0.480 e. The first kappa shape index (κ1) is 18.0. The molecular formula is C22H21ClN2O2. The third kappa shape index (κ3) is 3.55. The van der Waals surface area contributed by atoms with Crippen LogP contribution in [0.15, 0.2) is 60.8 Å². The fourth-order valence-electron chi connectivity index (χ4n) is 4.11. The highest BCUT2D eigenvalue weighted by atomic mass is 35.5. The molecule has 4 rings (SSSR count). The molecule has 2 heterocycles. The van der Waals surface area contributed by atoms with Crippen LogP contribution in [0.1, 0.15) is 36.4 Å². The van der Waals surface area contributed by atoms with E-state index < -0.39 is 12.0 Å². The molecule has 1 aliphatic heterocycles. The van der Waals surface area contributed by atoms with Gasteiger partial charge in [0.05, 0.1) is 11.6 Å². The fraction of sp³-hybridized carbons (Fsp3) is 0.273. The fourth-order valence-corrected chi connectivity index (χ4v) is 4.31. The summed E-state index contributed by atoms with van der Waals surface area (Å²) in [5.74, 6) is -0.764. The maximum absolute atomic E-state index is 12.0. The Balaban J connectivity index is 1.92. The first-order valence-electron chi connectivity index (χ1n) is 9.23. The van der Waals surface area contributed by atoms with Gasteiger partial charge in [-0.15, -0.1) is 0 Å². The number of hydrogen-bond donors (Lipinski definition) is 1. The highest BCUT2D eigenvalue weighted by Gasteiger charge is 2.35. The number of aliphatic carboxylic acids is 1. The minimum Gasteiger partial charge on any atom is -0.480 e. The molecule has 2 unspecified atom stereocenters. The molecule has 0 bridgehead atoms. The number of carboxylic acid groups (broad SMARTS) is 1. The molecule has 1 saturated heterocycles. The molecule has 0 saturated carbocycles. The Kier molecular flexibility index (Phi) is 5.10. The summed E-state index contributed by atoms with van der Waals surface area (Å²) in [6.07, 6.45) is 4.39. The Morgan fingerprint density at radius 3 is 2.81 bits per heavy atom. The van der Waals surface area contributed by atoms with Crippen LogP contribution in [0.2, 0.25) is 5.02 Å². The number of hydrogen-bond acceptors (Lipinski definition) is 3. The zero-order valence-corrected chi connectivity index (χ0v) is 15.6. The van der Waals surface area contributed by atoms with E-state index >= 15 is 0 Å². The summed E-state index contributed by atoms with van der Waals surface area (Å²) in [5.41, 5.74) is 2.98. The summed E-state index contributed by atoms with van der Waals surface area (Å²) in [5, 5.41) is 11.5. The number of carbonyl (C=O) groups is 1. The van der Waals surface area contributed by atoms with Crippen LogP contribution in [0.25, 0.3) is 10.9 Å². The Labute approximate surface area is 163 Å². The number of likely N-dealkylation sites (tertiary alicyclic amines) is 1. The van der Waals surface area contributed by atoms with Gasteiger partial charge in [0.15, 0.2) is 0 Å². The molecule has 1 aromatic heterocycles. The lowest BCUT2D eigenvalue weighted by Crippen LogP contribution is -2.46. The van der Waals surface area contributed by atoms with E-state index in [2.05, 4.69) is 16.0 Å². The molecular weight excluding hydrogens is 360 g/mol. The molecule has 0 amide bonds. The average molecular weight is 381 g/mol. The van der Waals surface area contributed by atoms with Crippen LogP contribution in [0.3, 0.4) is 0 Å². The van der Waals surface area contributed by atoms with Crippen molar-refractivity contribution in [2.75, 3.05) is 6.54 Å². The van der Waals surface area contributed by atoms with Gasteiger partial charge in [0.25, 0.3) is 0 Å². The summed E-state index contributed by atoms with van der Waals surface area (Å²) in [6.45, 7) is 0.741. The zero-order valence-electron chi connectivity index (χ0n) is 14.9. The van der Waals surface area contributed by atoms with Gasteiger partial charge in [-0.2, -0.15) is 0 Å². The first-order chi connectivity index (χ1) is 13.1. The molecule has 1 aliphatic rings. The topological polar surface area (TPSA) is 53.4 Å². The van der Waals surface area contributed by atoms with E-state index in [-0.39, 0.29) is 6.04 Å². The van der Waals surface area contributed by atoms with Crippen LogP contribution in [-0.4, -0.2) is 33.5 Å². The van der Waals surface area contributed by atoms with Crippen molar-refractivity contribution in [3.63, 3.8) is 0 Å². The maximum atomic E-state index is 12.0. The molecule has 3 aromatic rings. The molecule has 1 fully saturated rings. The number of nitrogens with zero attached hydrogens (tertiary/aromatic N) is 2. The average Bonchev–Trinajstić information content (AvgIpc) is 2.69. The van der Waals surface area contributed by atoms with Crippen LogP contribution < -0.4 is 0 Å². The van der Waals surface area contributed by atoms with Crippen molar-refractivity contribution in [2.45, 2.75) is 31.3 Å². The van der Waals surface area contributed by atoms with Gasteiger partial charge >= 0.3 is 5.97 Å². The molecule has 138 valence electrons. The van der Waals surface area contributed by atoms with Crippen LogP contribution in [-0.2, 0) is 4.79 Å². The van der Waals surface area contributed by atoms with Gasteiger partial charge in [0.2, 0.25) is 0 Å². The quantitative estimate of drug-likeness (QED) is 0.698. The lowest BCUT2D eigenvalue weighted by Gasteiger charge is -2.40. The highest BCUT2D eigenvalue weighted by Crippen LogP contribution is 2.37. The van der Waals surface area contributed by atoms with Crippen molar-refractivity contribution < 1.29 is 9.90 Å². The van der Waals surface area contributed by atoms with E-state index in [4.69, 9.17) is 11.6 Å². The number of fused-ring (bicyclic) bond motifs is 1. The van der Waals surface area contributed by atoms with Crippen LogP contribution >= 0.6 is 11.6 Å². The van der Waals surface area contributed by atoms with Crippen molar-refractivity contribution in [3.05, 3.63) is 76.9 Å². The van der Waals surface area contributed by atoms with Crippen LogP contribution in [0, 0.1) is 0 Å². The SMILES string of the molecule is O=C(O)C1CCCCN1C(c1cccc(Cl)c1)c1ccnc2ccccc12. The number of halogens is 1. The predicted molar refractivity (Wildman–Crippen MR) is 107 cm³/mol. The predicted octanol–water partition coefficient (Wildman–Crippen LogP) is 4.92. The van der Waals surface area contributed by atoms with Gasteiger partial charge in [-0.3, -0.25) is 14.7 Å². The number of piperidine rings is 1. The monoisotopic (exact) mass is 380 g/mol. The molecule has 27 heavy (non-hydrogen) atoms. The van der Waals surface area contributed by atoms with Crippen molar-refractivity contribution in [3.8, 4) is 0 Å². The van der Waals surface area contributed by atoms with Gasteiger partial charge in [-0.1, -0.05) is 48.4 Å². The second-order valence-corrected chi connectivity index (χ2v) is 7.40. The Bertz CT molecular complexity index is 970. The highest BCUT2D eigenvalue weighted by molar-refractivity contribution is 6.30. The number of aromatic nitrogens is 1. The minimum atomic E-state index is -0.764. The van der Waals surface area contributed by atoms with E-state index in [0.29, 0.717) is 11.4 Å². The van der Waals surface area contributed by atoms with E-state index in [1.807, 2.05) is 48.5 Å². The second kappa shape index (κ2) is 7.67. The Hall–Kier alpha value is -2.43. The maximum Gasteiger partial charge on any atom is 0.320 e. The molecule has 0 aliphatic carbocycles. The van der Waals surface area contributed by atoms with Gasteiger partial charge in [0, 0.05) is 16.6 Å². The van der Waals surface area contributed by atoms with Crippen molar-refractivity contribution >= 4 is 28.5 Å². The second-order valence-electron chi connectivity index (χ2n) is 6.96. The minimum absolute atomic E-state index is 0.182. The van der Waals surface area contributed by atoms with Crippen molar-refractivity contribution in [2.24, 2.45) is 0 Å². The van der Waals surface area contributed by atoms with Gasteiger partial charge < -0.3 is 5.11 Å². The zero-order chi connectivity index (χ0) is 18.8. The normalized spacial score (nSPS) is 19.1. The summed E-state index contributed by atoms with van der Waals surface area (Å²) < 4.78 is 0. The number of para-hydroxylation sites is 1. The Morgan fingerprint density at radius 1 is 1.15 bits per heavy atom. The molecule has 1 N–H and O–H groups in total. The summed E-state index contributed by atoms with van der Waals surface area (Å²) in [6, 6.07) is 17.0. The molecule has 5 heteroatoms. The lowest BCUT2D eigenvalue weighted by molar-refractivity contribution is -0.145. The van der Waals surface area contributed by atoms with E-state index in [9.17, 15) is 9.90 Å². The number of benzene rings is 2. The third-order valence-corrected chi connectivity index (χ3v) is 5.54. The standard InChI is InChI=1S/C22H21ClN2O2/c23-16-7-5-6-15(14-16)21(25-13-4-3-10-20(25)22(26)27)18-11-12-24-19-9-2-1-8-17(18)19/h1-2,5-9,11-12,14,20-21H,3-4,10,13H2,(H,26,27). The smallest absolute Gasteiger partial charge is 0.320 e. The van der Waals surface area contributed by atoms with Crippen LogP contribution in [0.4, 0.5) is 0 Å². The summed E-state index contributed by atoms with van der Waals surface area (Å²) in [4.78, 5) is 18.6. The third-order valence-electron chi connectivity index (χ3n) is 5.30. The first-order valence-corrected chi connectivity index (χ1v) is 9.60. The van der Waals surface area contributed by atoms with Gasteiger partial charge in [-0.25, -0.2) is 0 Å². The molecule has 0 spiro atoms. The van der Waals surface area contributed by atoms with E-state index in [0.717, 1.165) is 41.4 Å².